The van der Waals surface area contributed by atoms with Crippen molar-refractivity contribution in [1.29, 1.82) is 0 Å². The molecule has 1 aliphatic heterocycles. The molecular weight excluding hydrogens is 230 g/mol. The molecule has 0 aromatic heterocycles. The molecule has 0 saturated carbocycles. The predicted octanol–water partition coefficient (Wildman–Crippen LogP) is 0.0863. The average molecular weight is 237 g/mol. The summed E-state index contributed by atoms with van der Waals surface area (Å²) in [6, 6.07) is 5.53. The van der Waals surface area contributed by atoms with E-state index in [1.54, 1.807) is 0 Å². The first-order valence-corrected chi connectivity index (χ1v) is 5.58. The summed E-state index contributed by atoms with van der Waals surface area (Å²) < 4.78 is 21.3. The van der Waals surface area contributed by atoms with Crippen LogP contribution >= 0.6 is 0 Å². The number of carbonyl (C=O) groups is 2. The van der Waals surface area contributed by atoms with Crippen LogP contribution in [0, 0.1) is 0 Å². The molecule has 2 amide bonds. The first-order chi connectivity index (χ1) is 7.59. The van der Waals surface area contributed by atoms with Crippen molar-refractivity contribution in [1.82, 2.24) is 0 Å². The Bertz CT molecular complexity index is 531. The minimum absolute atomic E-state index is 0.144. The molecule has 0 fully saturated rings. The highest BCUT2D eigenvalue weighted by atomic mass is 32.2. The van der Waals surface area contributed by atoms with Gasteiger partial charge in [0.15, 0.2) is 10.7 Å². The molecule has 0 spiro atoms. The number of amides is 2. The van der Waals surface area contributed by atoms with Gasteiger partial charge in [-0.25, -0.2) is 13.3 Å². The minimum Gasteiger partial charge on any atom is -0.269 e. The number of benzene rings is 1. The van der Waals surface area contributed by atoms with Gasteiger partial charge in [0.25, 0.3) is 11.8 Å². The van der Waals surface area contributed by atoms with Crippen molar-refractivity contribution in [2.75, 3.05) is 4.90 Å². The standard InChI is InChI=1S/C10H7NO4S/c12-9-5-6-10(13)11(9)7-1-3-8(4-2-7)16(14)15/h1-6,16H. The fourth-order valence-electron chi connectivity index (χ4n) is 1.38. The summed E-state index contributed by atoms with van der Waals surface area (Å²) in [4.78, 5) is 23.7. The molecule has 0 saturated heterocycles. The number of imide groups is 1. The highest BCUT2D eigenvalue weighted by Crippen LogP contribution is 2.19. The van der Waals surface area contributed by atoms with Gasteiger partial charge in [0.2, 0.25) is 0 Å². The number of anilines is 1. The lowest BCUT2D eigenvalue weighted by Gasteiger charge is -2.13. The summed E-state index contributed by atoms with van der Waals surface area (Å²) in [6.07, 6.45) is 2.34. The van der Waals surface area contributed by atoms with E-state index in [-0.39, 0.29) is 4.90 Å². The van der Waals surface area contributed by atoms with Crippen molar-refractivity contribution in [2.45, 2.75) is 4.90 Å². The Balaban J connectivity index is 2.36. The second-order valence-corrected chi connectivity index (χ2v) is 4.15. The number of nitrogens with zero attached hydrogens (tertiary/aromatic N) is 1. The quantitative estimate of drug-likeness (QED) is 0.584. The van der Waals surface area contributed by atoms with Crippen LogP contribution in [-0.2, 0) is 20.3 Å². The molecule has 5 nitrogen and oxygen atoms in total. The van der Waals surface area contributed by atoms with E-state index in [0.29, 0.717) is 5.69 Å². The summed E-state index contributed by atoms with van der Waals surface area (Å²) in [6.45, 7) is 0. The molecule has 6 heteroatoms. The van der Waals surface area contributed by atoms with Gasteiger partial charge in [-0.05, 0) is 24.3 Å². The summed E-state index contributed by atoms with van der Waals surface area (Å²) in [5.41, 5.74) is 0.362. The first kappa shape index (κ1) is 10.6. The zero-order valence-electron chi connectivity index (χ0n) is 7.99. The van der Waals surface area contributed by atoms with E-state index in [9.17, 15) is 18.0 Å². The maximum atomic E-state index is 11.3. The third-order valence-electron chi connectivity index (χ3n) is 2.13. The maximum Gasteiger partial charge on any atom is 0.258 e. The van der Waals surface area contributed by atoms with Crippen LogP contribution < -0.4 is 4.90 Å². The molecule has 82 valence electrons. The largest absolute Gasteiger partial charge is 0.269 e. The van der Waals surface area contributed by atoms with Gasteiger partial charge in [-0.2, -0.15) is 0 Å². The maximum absolute atomic E-state index is 11.3. The molecule has 0 aliphatic carbocycles. The molecule has 0 unspecified atom stereocenters. The van der Waals surface area contributed by atoms with Gasteiger partial charge in [0.05, 0.1) is 10.6 Å². The van der Waals surface area contributed by atoms with Crippen LogP contribution in [-0.4, -0.2) is 20.2 Å². The van der Waals surface area contributed by atoms with Crippen LogP contribution in [0.2, 0.25) is 0 Å². The summed E-state index contributed by atoms with van der Waals surface area (Å²) in [5, 5.41) is 0. The molecule has 16 heavy (non-hydrogen) atoms. The van der Waals surface area contributed by atoms with Gasteiger partial charge in [-0.1, -0.05) is 0 Å². The van der Waals surface area contributed by atoms with E-state index in [1.165, 1.54) is 36.4 Å². The van der Waals surface area contributed by atoms with E-state index >= 15 is 0 Å². The van der Waals surface area contributed by atoms with Crippen molar-refractivity contribution >= 4 is 28.2 Å². The van der Waals surface area contributed by atoms with Gasteiger partial charge in [0, 0.05) is 12.2 Å². The third-order valence-corrected chi connectivity index (χ3v) is 2.85. The summed E-state index contributed by atoms with van der Waals surface area (Å²) in [5.74, 6) is -0.853. The van der Waals surface area contributed by atoms with E-state index < -0.39 is 22.5 Å². The van der Waals surface area contributed by atoms with Crippen molar-refractivity contribution in [3.05, 3.63) is 36.4 Å². The Morgan fingerprint density at radius 1 is 0.875 bits per heavy atom. The normalized spacial score (nSPS) is 15.2. The topological polar surface area (TPSA) is 71.5 Å². The van der Waals surface area contributed by atoms with Crippen LogP contribution in [0.5, 0.6) is 0 Å². The highest BCUT2D eigenvalue weighted by molar-refractivity contribution is 7.72. The third kappa shape index (κ3) is 1.74. The molecule has 0 radical (unpaired) electrons. The molecular formula is C10H7NO4S. The zero-order chi connectivity index (χ0) is 11.7. The molecule has 0 bridgehead atoms. The number of thiol groups is 1. The molecule has 2 rings (SSSR count). The second kappa shape index (κ2) is 3.90. The Hall–Kier alpha value is -1.95. The average Bonchev–Trinajstić information content (AvgIpc) is 2.59. The zero-order valence-corrected chi connectivity index (χ0v) is 8.89. The minimum atomic E-state index is -2.65. The Labute approximate surface area is 92.9 Å². The van der Waals surface area contributed by atoms with Gasteiger partial charge in [-0.15, -0.1) is 0 Å². The summed E-state index contributed by atoms with van der Waals surface area (Å²) >= 11 is 0. The van der Waals surface area contributed by atoms with E-state index in [1.807, 2.05) is 0 Å². The number of carbonyl (C=O) groups excluding carboxylic acids is 2. The van der Waals surface area contributed by atoms with Crippen molar-refractivity contribution in [2.24, 2.45) is 0 Å². The SMILES string of the molecule is O=C1C=CC(=O)N1c1ccc([SH](=O)=O)cc1. The number of hydrogen-bond donors (Lipinski definition) is 1. The molecule has 1 heterocycles. The molecule has 0 N–H and O–H groups in total. The van der Waals surface area contributed by atoms with Gasteiger partial charge in [0.1, 0.15) is 0 Å². The Morgan fingerprint density at radius 2 is 1.38 bits per heavy atom. The smallest absolute Gasteiger partial charge is 0.258 e. The highest BCUT2D eigenvalue weighted by Gasteiger charge is 2.24. The van der Waals surface area contributed by atoms with Gasteiger partial charge < -0.3 is 0 Å². The second-order valence-electron chi connectivity index (χ2n) is 3.12. The summed E-state index contributed by atoms with van der Waals surface area (Å²) in [7, 11) is -2.65. The van der Waals surface area contributed by atoms with Crippen molar-refractivity contribution in [3.63, 3.8) is 0 Å². The first-order valence-electron chi connectivity index (χ1n) is 4.40. The fourth-order valence-corrected chi connectivity index (χ4v) is 1.77. The van der Waals surface area contributed by atoms with E-state index in [0.717, 1.165) is 4.90 Å². The Kier molecular flexibility index (Phi) is 2.57. The molecule has 1 aromatic rings. The lowest BCUT2D eigenvalue weighted by atomic mass is 10.3. The lowest BCUT2D eigenvalue weighted by molar-refractivity contribution is -0.119. The number of rotatable bonds is 2. The van der Waals surface area contributed by atoms with Crippen LogP contribution in [0.3, 0.4) is 0 Å². The predicted molar refractivity (Wildman–Crippen MR) is 56.7 cm³/mol. The molecule has 1 aliphatic rings. The van der Waals surface area contributed by atoms with Crippen LogP contribution in [0.4, 0.5) is 5.69 Å². The lowest BCUT2D eigenvalue weighted by Crippen LogP contribution is -2.29. The van der Waals surface area contributed by atoms with Gasteiger partial charge >= 0.3 is 0 Å². The van der Waals surface area contributed by atoms with Crippen molar-refractivity contribution in [3.8, 4) is 0 Å². The molecule has 0 atom stereocenters. The van der Waals surface area contributed by atoms with Gasteiger partial charge in [-0.3, -0.25) is 9.59 Å². The Morgan fingerprint density at radius 3 is 1.81 bits per heavy atom. The number of hydrogen-bond acceptors (Lipinski definition) is 4. The molecule has 1 aromatic carbocycles. The fraction of sp³-hybridized carbons (Fsp3) is 0. The monoisotopic (exact) mass is 237 g/mol. The van der Waals surface area contributed by atoms with Crippen LogP contribution in [0.25, 0.3) is 0 Å². The van der Waals surface area contributed by atoms with E-state index in [2.05, 4.69) is 0 Å². The van der Waals surface area contributed by atoms with E-state index in [4.69, 9.17) is 0 Å². The van der Waals surface area contributed by atoms with Crippen LogP contribution in [0.15, 0.2) is 41.3 Å². The van der Waals surface area contributed by atoms with Crippen LogP contribution in [0.1, 0.15) is 0 Å². The van der Waals surface area contributed by atoms with Crippen molar-refractivity contribution < 1.29 is 18.0 Å².